The lowest BCUT2D eigenvalue weighted by Crippen LogP contribution is -2.09. The first kappa shape index (κ1) is 13.0. The van der Waals surface area contributed by atoms with Crippen molar-refractivity contribution < 1.29 is 8.78 Å². The van der Waals surface area contributed by atoms with Gasteiger partial charge in [-0.2, -0.15) is 5.10 Å². The highest BCUT2D eigenvalue weighted by Gasteiger charge is 2.12. The Labute approximate surface area is 120 Å². The maximum Gasteiger partial charge on any atom is 0.285 e. The third kappa shape index (κ3) is 2.24. The first-order valence-corrected chi connectivity index (χ1v) is 6.53. The summed E-state index contributed by atoms with van der Waals surface area (Å²) >= 11 is 3.18. The SMILES string of the molecule is O=c1[nH]c2n[nH]c(Cc3ccc(Br)cc3F)c2cc1F. The maximum atomic E-state index is 13.8. The Morgan fingerprint density at radius 3 is 2.75 bits per heavy atom. The molecule has 0 saturated carbocycles. The first-order chi connectivity index (χ1) is 9.54. The average molecular weight is 340 g/mol. The molecule has 1 aromatic carbocycles. The smallest absolute Gasteiger partial charge is 0.285 e. The molecule has 0 bridgehead atoms. The monoisotopic (exact) mass is 339 g/mol. The third-order valence-electron chi connectivity index (χ3n) is 2.99. The molecule has 0 amide bonds. The van der Waals surface area contributed by atoms with Crippen molar-refractivity contribution in [2.24, 2.45) is 0 Å². The molecule has 0 atom stereocenters. The Morgan fingerprint density at radius 2 is 2.00 bits per heavy atom. The fraction of sp³-hybridized carbons (Fsp3) is 0.0769. The number of aromatic nitrogens is 3. The lowest BCUT2D eigenvalue weighted by Gasteiger charge is -2.02. The Bertz CT molecular complexity index is 856. The predicted molar refractivity (Wildman–Crippen MR) is 73.6 cm³/mol. The van der Waals surface area contributed by atoms with Crippen molar-refractivity contribution in [3.63, 3.8) is 0 Å². The van der Waals surface area contributed by atoms with Crippen LogP contribution in [0.4, 0.5) is 8.78 Å². The highest BCUT2D eigenvalue weighted by molar-refractivity contribution is 9.10. The van der Waals surface area contributed by atoms with Crippen molar-refractivity contribution in [2.45, 2.75) is 6.42 Å². The highest BCUT2D eigenvalue weighted by Crippen LogP contribution is 2.21. The van der Waals surface area contributed by atoms with Gasteiger partial charge < -0.3 is 4.98 Å². The van der Waals surface area contributed by atoms with E-state index in [1.165, 1.54) is 6.07 Å². The van der Waals surface area contributed by atoms with Gasteiger partial charge in [-0.15, -0.1) is 0 Å². The number of halogens is 3. The van der Waals surface area contributed by atoms with Crippen LogP contribution in [0.2, 0.25) is 0 Å². The van der Waals surface area contributed by atoms with Crippen LogP contribution in [-0.4, -0.2) is 15.2 Å². The Balaban J connectivity index is 2.07. The van der Waals surface area contributed by atoms with E-state index >= 15 is 0 Å². The van der Waals surface area contributed by atoms with E-state index in [1.54, 1.807) is 12.1 Å². The van der Waals surface area contributed by atoms with E-state index in [1.807, 2.05) is 0 Å². The normalized spacial score (nSPS) is 11.2. The van der Waals surface area contributed by atoms with Gasteiger partial charge in [-0.05, 0) is 23.8 Å². The number of aromatic amines is 2. The van der Waals surface area contributed by atoms with Gasteiger partial charge in [0.05, 0.1) is 0 Å². The lowest BCUT2D eigenvalue weighted by molar-refractivity contribution is 0.611. The summed E-state index contributed by atoms with van der Waals surface area (Å²) in [5, 5.41) is 7.01. The molecule has 2 heterocycles. The summed E-state index contributed by atoms with van der Waals surface area (Å²) in [4.78, 5) is 13.5. The number of nitrogens with zero attached hydrogens (tertiary/aromatic N) is 1. The number of H-pyrrole nitrogens is 2. The highest BCUT2D eigenvalue weighted by atomic mass is 79.9. The maximum absolute atomic E-state index is 13.8. The van der Waals surface area contributed by atoms with E-state index in [9.17, 15) is 13.6 Å². The molecule has 0 aliphatic rings. The molecule has 3 aromatic rings. The molecule has 20 heavy (non-hydrogen) atoms. The fourth-order valence-electron chi connectivity index (χ4n) is 1.99. The summed E-state index contributed by atoms with van der Waals surface area (Å²) in [6.45, 7) is 0. The van der Waals surface area contributed by atoms with Crippen LogP contribution in [0.25, 0.3) is 11.0 Å². The summed E-state index contributed by atoms with van der Waals surface area (Å²) in [6.07, 6.45) is 0.223. The molecule has 0 saturated heterocycles. The second-order valence-corrected chi connectivity index (χ2v) is 5.24. The third-order valence-corrected chi connectivity index (χ3v) is 3.48. The number of hydrogen-bond donors (Lipinski definition) is 2. The zero-order valence-electron chi connectivity index (χ0n) is 10.0. The molecule has 2 N–H and O–H groups in total. The van der Waals surface area contributed by atoms with Crippen molar-refractivity contribution in [1.29, 1.82) is 0 Å². The largest absolute Gasteiger partial charge is 0.303 e. The van der Waals surface area contributed by atoms with Gasteiger partial charge in [0.25, 0.3) is 5.56 Å². The molecule has 0 radical (unpaired) electrons. The zero-order valence-corrected chi connectivity index (χ0v) is 11.6. The van der Waals surface area contributed by atoms with Crippen LogP contribution in [0.5, 0.6) is 0 Å². The number of rotatable bonds is 2. The van der Waals surface area contributed by atoms with Gasteiger partial charge in [0, 0.05) is 22.0 Å². The molecular weight excluding hydrogens is 332 g/mol. The van der Waals surface area contributed by atoms with E-state index in [-0.39, 0.29) is 17.9 Å². The minimum absolute atomic E-state index is 0.223. The first-order valence-electron chi connectivity index (χ1n) is 5.74. The molecule has 0 spiro atoms. The molecule has 7 heteroatoms. The molecular formula is C13H8BrF2N3O. The number of hydrogen-bond acceptors (Lipinski definition) is 2. The zero-order chi connectivity index (χ0) is 14.3. The van der Waals surface area contributed by atoms with E-state index in [4.69, 9.17) is 0 Å². The van der Waals surface area contributed by atoms with Crippen LogP contribution in [0.3, 0.4) is 0 Å². The number of pyridine rings is 1. The van der Waals surface area contributed by atoms with Gasteiger partial charge in [-0.1, -0.05) is 22.0 Å². The van der Waals surface area contributed by atoms with Crippen LogP contribution in [0, 0.1) is 11.6 Å². The predicted octanol–water partition coefficient (Wildman–Crippen LogP) is 2.88. The van der Waals surface area contributed by atoms with Gasteiger partial charge in [0.1, 0.15) is 5.82 Å². The summed E-state index contributed by atoms with van der Waals surface area (Å²) < 4.78 is 27.7. The molecule has 0 fully saturated rings. The standard InChI is InChI=1S/C13H8BrF2N3O/c14-7-2-1-6(9(15)4-7)3-11-8-5-10(16)13(20)17-12(8)19-18-11/h1-2,4-5H,3H2,(H2,17,18,19,20). The van der Waals surface area contributed by atoms with Crippen molar-refractivity contribution in [3.8, 4) is 0 Å². The minimum Gasteiger partial charge on any atom is -0.303 e. The minimum atomic E-state index is -0.892. The summed E-state index contributed by atoms with van der Waals surface area (Å²) in [5.41, 5.74) is 0.413. The Morgan fingerprint density at radius 1 is 1.20 bits per heavy atom. The second kappa shape index (κ2) is 4.82. The van der Waals surface area contributed by atoms with Crippen LogP contribution in [0.1, 0.15) is 11.3 Å². The van der Waals surface area contributed by atoms with Gasteiger partial charge in [0.2, 0.25) is 0 Å². The van der Waals surface area contributed by atoms with Gasteiger partial charge in [-0.3, -0.25) is 9.89 Å². The van der Waals surface area contributed by atoms with E-state index in [0.717, 1.165) is 6.07 Å². The summed E-state index contributed by atoms with van der Waals surface area (Å²) in [7, 11) is 0. The summed E-state index contributed by atoms with van der Waals surface area (Å²) in [6, 6.07) is 5.81. The number of benzene rings is 1. The second-order valence-electron chi connectivity index (χ2n) is 4.32. The van der Waals surface area contributed by atoms with Crippen LogP contribution in [0.15, 0.2) is 33.5 Å². The average Bonchev–Trinajstić information content (AvgIpc) is 2.76. The van der Waals surface area contributed by atoms with Crippen molar-refractivity contribution in [2.75, 3.05) is 0 Å². The molecule has 0 unspecified atom stereocenters. The Kier molecular flexibility index (Phi) is 3.13. The van der Waals surface area contributed by atoms with Crippen molar-refractivity contribution in [3.05, 3.63) is 62.0 Å². The van der Waals surface area contributed by atoms with Gasteiger partial charge in [0.15, 0.2) is 11.5 Å². The Hall–Kier alpha value is -2.02. The van der Waals surface area contributed by atoms with E-state index in [0.29, 0.717) is 21.1 Å². The molecule has 0 aliphatic carbocycles. The molecule has 3 rings (SSSR count). The van der Waals surface area contributed by atoms with Crippen LogP contribution in [-0.2, 0) is 6.42 Å². The molecule has 4 nitrogen and oxygen atoms in total. The molecule has 2 aromatic heterocycles. The number of fused-ring (bicyclic) bond motifs is 1. The van der Waals surface area contributed by atoms with Crippen molar-refractivity contribution in [1.82, 2.24) is 15.2 Å². The van der Waals surface area contributed by atoms with Crippen LogP contribution < -0.4 is 5.56 Å². The van der Waals surface area contributed by atoms with Crippen LogP contribution >= 0.6 is 15.9 Å². The molecule has 0 aliphatic heterocycles. The molecule has 102 valence electrons. The van der Waals surface area contributed by atoms with E-state index < -0.39 is 11.4 Å². The topological polar surface area (TPSA) is 61.5 Å². The van der Waals surface area contributed by atoms with E-state index in [2.05, 4.69) is 31.1 Å². The van der Waals surface area contributed by atoms with Gasteiger partial charge >= 0.3 is 0 Å². The number of nitrogens with one attached hydrogen (secondary N) is 2. The van der Waals surface area contributed by atoms with Crippen molar-refractivity contribution >= 4 is 27.0 Å². The summed E-state index contributed by atoms with van der Waals surface area (Å²) in [5.74, 6) is -1.26. The lowest BCUT2D eigenvalue weighted by atomic mass is 10.1. The fourth-order valence-corrected chi connectivity index (χ4v) is 2.32. The quantitative estimate of drug-likeness (QED) is 0.754. The van der Waals surface area contributed by atoms with Gasteiger partial charge in [-0.25, -0.2) is 8.78 Å².